The van der Waals surface area contributed by atoms with Gasteiger partial charge in [-0.3, -0.25) is 6.08 Å². The second-order valence-electron chi connectivity index (χ2n) is 5.53. The van der Waals surface area contributed by atoms with Gasteiger partial charge in [-0.25, -0.2) is 11.6 Å². The Hall–Kier alpha value is -0.0969. The minimum atomic E-state index is 0. The molecule has 0 N–H and O–H groups in total. The molecule has 22 heavy (non-hydrogen) atoms. The molecule has 0 bridgehead atoms. The van der Waals surface area contributed by atoms with E-state index >= 15 is 0 Å². The Morgan fingerprint density at radius 3 is 2.32 bits per heavy atom. The van der Waals surface area contributed by atoms with E-state index in [1.54, 1.807) is 5.57 Å². The van der Waals surface area contributed by atoms with Gasteiger partial charge in [0.05, 0.1) is 0 Å². The van der Waals surface area contributed by atoms with Gasteiger partial charge in [-0.15, -0.1) is 6.42 Å². The van der Waals surface area contributed by atoms with Crippen LogP contribution in [-0.4, -0.2) is 0 Å². The molecule has 3 rings (SSSR count). The summed E-state index contributed by atoms with van der Waals surface area (Å²) in [4.78, 5) is 0. The SMILES string of the molecule is CCC(CC)(C1=[C-]CC=C1)C1=Cc2ccccc2C1.[Cl-].[Cl-].[Zr+3]. The molecule has 0 unspecified atom stereocenters. The van der Waals surface area contributed by atoms with E-state index in [1.807, 2.05) is 0 Å². The zero-order valence-corrected chi connectivity index (χ0v) is 17.1. The molecule has 0 aromatic heterocycles. The van der Waals surface area contributed by atoms with Crippen molar-refractivity contribution >= 4 is 6.08 Å². The number of fused-ring (bicyclic) bond motifs is 1. The van der Waals surface area contributed by atoms with Gasteiger partial charge in [-0.2, -0.15) is 6.08 Å². The van der Waals surface area contributed by atoms with Gasteiger partial charge in [0.25, 0.3) is 0 Å². The zero-order valence-electron chi connectivity index (χ0n) is 13.1. The molecular weight excluding hydrogens is 390 g/mol. The van der Waals surface area contributed by atoms with E-state index in [9.17, 15) is 0 Å². The summed E-state index contributed by atoms with van der Waals surface area (Å²) in [7, 11) is 0. The van der Waals surface area contributed by atoms with Crippen molar-refractivity contribution in [2.75, 3.05) is 0 Å². The Morgan fingerprint density at radius 1 is 1.09 bits per heavy atom. The van der Waals surface area contributed by atoms with Crippen LogP contribution in [0.3, 0.4) is 0 Å². The first-order chi connectivity index (χ1) is 9.30. The average Bonchev–Trinajstić information content (AvgIpc) is 3.10. The first-order valence-electron chi connectivity index (χ1n) is 7.37. The quantitative estimate of drug-likeness (QED) is 0.565. The molecule has 0 spiro atoms. The molecule has 0 atom stereocenters. The van der Waals surface area contributed by atoms with E-state index in [1.165, 1.54) is 16.7 Å². The van der Waals surface area contributed by atoms with Crippen LogP contribution in [0.1, 0.15) is 44.2 Å². The fourth-order valence-corrected chi connectivity index (χ4v) is 3.58. The standard InChI is InChI=1S/C19H21.2ClH.Zr/c1-3-19(4-2,17-11-7-8-12-17)18-13-15-9-5-6-10-16(15)14-18;;;/h5-7,9-11,13H,3-4,8,14H2,1-2H3;2*1H;/q-1;;;+3/p-2. The Kier molecular flexibility index (Phi) is 9.22. The Bertz CT molecular complexity index is 581. The van der Waals surface area contributed by atoms with Crippen molar-refractivity contribution in [3.05, 3.63) is 64.8 Å². The molecule has 0 aliphatic heterocycles. The summed E-state index contributed by atoms with van der Waals surface area (Å²) in [6.07, 6.45) is 14.9. The second-order valence-corrected chi connectivity index (χ2v) is 5.53. The zero-order chi connectivity index (χ0) is 13.3. The van der Waals surface area contributed by atoms with Crippen molar-refractivity contribution in [1.29, 1.82) is 0 Å². The maximum atomic E-state index is 3.57. The minimum Gasteiger partial charge on any atom is -1.00 e. The molecule has 0 nitrogen and oxygen atoms in total. The maximum absolute atomic E-state index is 3.57. The Labute approximate surface area is 166 Å². The van der Waals surface area contributed by atoms with Gasteiger partial charge in [-0.05, 0) is 35.8 Å². The Morgan fingerprint density at radius 2 is 1.77 bits per heavy atom. The smallest absolute Gasteiger partial charge is 1.00 e. The molecule has 2 aliphatic carbocycles. The largest absolute Gasteiger partial charge is 3.00 e. The van der Waals surface area contributed by atoms with Crippen LogP contribution in [0, 0.1) is 11.5 Å². The van der Waals surface area contributed by atoms with Gasteiger partial charge >= 0.3 is 26.2 Å². The second kappa shape index (κ2) is 9.26. The van der Waals surface area contributed by atoms with Gasteiger partial charge in [0.1, 0.15) is 0 Å². The molecule has 0 saturated heterocycles. The maximum Gasteiger partial charge on any atom is 3.00 e. The molecule has 2 aliphatic rings. The van der Waals surface area contributed by atoms with Crippen molar-refractivity contribution in [2.45, 2.75) is 39.5 Å². The molecule has 1 radical (unpaired) electrons. The Balaban J connectivity index is 0.00000147. The number of allylic oxidation sites excluding steroid dienone is 5. The van der Waals surface area contributed by atoms with Gasteiger partial charge in [-0.1, -0.05) is 49.8 Å². The molecule has 115 valence electrons. The van der Waals surface area contributed by atoms with Crippen LogP contribution >= 0.6 is 0 Å². The van der Waals surface area contributed by atoms with E-state index in [0.717, 1.165) is 25.7 Å². The predicted octanol–water partition coefficient (Wildman–Crippen LogP) is -0.873. The normalized spacial score (nSPS) is 15.0. The summed E-state index contributed by atoms with van der Waals surface area (Å²) in [5.41, 5.74) is 6.08. The third-order valence-electron chi connectivity index (χ3n) is 4.80. The van der Waals surface area contributed by atoms with Crippen LogP contribution in [0.5, 0.6) is 0 Å². The summed E-state index contributed by atoms with van der Waals surface area (Å²) in [5.74, 6) is 0. The molecule has 0 amide bonds. The summed E-state index contributed by atoms with van der Waals surface area (Å²) in [6.45, 7) is 4.63. The van der Waals surface area contributed by atoms with Crippen molar-refractivity contribution in [2.24, 2.45) is 5.41 Å². The van der Waals surface area contributed by atoms with E-state index in [4.69, 9.17) is 0 Å². The van der Waals surface area contributed by atoms with Crippen LogP contribution in [-0.2, 0) is 32.6 Å². The molecule has 1 aromatic rings. The van der Waals surface area contributed by atoms with Crippen LogP contribution in [0.2, 0.25) is 0 Å². The van der Waals surface area contributed by atoms with Gasteiger partial charge in [0.2, 0.25) is 0 Å². The molecule has 1 aromatic carbocycles. The topological polar surface area (TPSA) is 0 Å². The first kappa shape index (κ1) is 21.9. The summed E-state index contributed by atoms with van der Waals surface area (Å²) >= 11 is 0. The number of rotatable bonds is 4. The van der Waals surface area contributed by atoms with Crippen LogP contribution in [0.15, 0.2) is 47.6 Å². The van der Waals surface area contributed by atoms with Crippen molar-refractivity contribution in [3.63, 3.8) is 0 Å². The number of hydrogen-bond donors (Lipinski definition) is 0. The van der Waals surface area contributed by atoms with E-state index in [-0.39, 0.29) is 56.4 Å². The van der Waals surface area contributed by atoms with E-state index in [0.29, 0.717) is 0 Å². The molecular formula is C19H21Cl2Zr. The predicted molar refractivity (Wildman–Crippen MR) is 81.7 cm³/mol. The average molecular weight is 412 g/mol. The van der Waals surface area contributed by atoms with Gasteiger partial charge in [0.15, 0.2) is 0 Å². The summed E-state index contributed by atoms with van der Waals surface area (Å²) in [5, 5.41) is 0. The van der Waals surface area contributed by atoms with E-state index < -0.39 is 0 Å². The summed E-state index contributed by atoms with van der Waals surface area (Å²) < 4.78 is 0. The molecule has 0 heterocycles. The van der Waals surface area contributed by atoms with Crippen molar-refractivity contribution in [1.82, 2.24) is 0 Å². The number of benzene rings is 1. The van der Waals surface area contributed by atoms with Gasteiger partial charge in [0, 0.05) is 0 Å². The first-order valence-corrected chi connectivity index (χ1v) is 7.37. The number of hydrogen-bond acceptors (Lipinski definition) is 0. The van der Waals surface area contributed by atoms with Crippen LogP contribution in [0.4, 0.5) is 0 Å². The summed E-state index contributed by atoms with van der Waals surface area (Å²) in [6, 6.07) is 8.78. The third kappa shape index (κ3) is 3.69. The minimum absolute atomic E-state index is 0. The number of halogens is 2. The van der Waals surface area contributed by atoms with Crippen LogP contribution in [0.25, 0.3) is 6.08 Å². The monoisotopic (exact) mass is 409 g/mol. The molecule has 0 saturated carbocycles. The molecule has 0 fully saturated rings. The molecule has 3 heteroatoms. The third-order valence-corrected chi connectivity index (χ3v) is 4.80. The van der Waals surface area contributed by atoms with Gasteiger partial charge < -0.3 is 24.8 Å². The fourth-order valence-electron chi connectivity index (χ4n) is 3.58. The fraction of sp³-hybridized carbons (Fsp3) is 0.368. The van der Waals surface area contributed by atoms with Crippen molar-refractivity contribution in [3.8, 4) is 0 Å². The van der Waals surface area contributed by atoms with Crippen molar-refractivity contribution < 1.29 is 51.0 Å². The van der Waals surface area contributed by atoms with E-state index in [2.05, 4.69) is 62.4 Å². The van der Waals surface area contributed by atoms with Crippen LogP contribution < -0.4 is 24.8 Å².